The first-order valence-corrected chi connectivity index (χ1v) is 11.8. The Morgan fingerprint density at radius 2 is 1.73 bits per heavy atom. The predicted molar refractivity (Wildman–Crippen MR) is 127 cm³/mol. The second kappa shape index (κ2) is 11.8. The Morgan fingerprint density at radius 1 is 0.970 bits per heavy atom. The molecule has 0 aliphatic carbocycles. The van der Waals surface area contributed by atoms with Crippen LogP contribution in [0.4, 0.5) is 4.79 Å². The number of likely N-dealkylation sites (tertiary alicyclic amines) is 1. The summed E-state index contributed by atoms with van der Waals surface area (Å²) in [5.41, 5.74) is 1.76. The lowest BCUT2D eigenvalue weighted by molar-refractivity contribution is 0.0322. The average molecular weight is 452 g/mol. The van der Waals surface area contributed by atoms with Gasteiger partial charge in [-0.25, -0.2) is 4.79 Å². The molecule has 0 saturated carbocycles. The van der Waals surface area contributed by atoms with Crippen LogP contribution in [0.2, 0.25) is 0 Å². The van der Waals surface area contributed by atoms with Gasteiger partial charge in [0.05, 0.1) is 13.2 Å². The van der Waals surface area contributed by atoms with E-state index in [0.717, 1.165) is 49.7 Å². The summed E-state index contributed by atoms with van der Waals surface area (Å²) in [5, 5.41) is 3.00. The second-order valence-corrected chi connectivity index (χ2v) is 8.60. The smallest absolute Gasteiger partial charge is 0.317 e. The van der Waals surface area contributed by atoms with Gasteiger partial charge < -0.3 is 19.7 Å². The second-order valence-electron chi connectivity index (χ2n) is 8.60. The molecule has 0 atom stereocenters. The number of hydrogen-bond acceptors (Lipinski definition) is 5. The highest BCUT2D eigenvalue weighted by Gasteiger charge is 2.27. The third-order valence-corrected chi connectivity index (χ3v) is 6.33. The number of ketones is 1. The first kappa shape index (κ1) is 23.3. The zero-order valence-corrected chi connectivity index (χ0v) is 19.1. The molecule has 1 N–H and O–H groups in total. The van der Waals surface area contributed by atoms with E-state index in [1.54, 1.807) is 4.90 Å². The number of benzene rings is 2. The summed E-state index contributed by atoms with van der Waals surface area (Å²) in [6.45, 7) is 6.63. The Labute approximate surface area is 195 Å². The molecule has 2 heterocycles. The summed E-state index contributed by atoms with van der Waals surface area (Å²) in [4.78, 5) is 29.4. The van der Waals surface area contributed by atoms with Crippen LogP contribution in [0.5, 0.6) is 5.75 Å². The number of Topliss-reactive ketones (excluding diaryl/α,β-unsaturated/α-hetero) is 1. The van der Waals surface area contributed by atoms with Gasteiger partial charge in [-0.05, 0) is 30.5 Å². The molecule has 0 aromatic heterocycles. The molecule has 4 rings (SSSR count). The molecule has 0 bridgehead atoms. The number of piperidine rings is 1. The standard InChI is InChI=1S/C26H33N3O4/c30-25(22-6-2-1-3-7-22)23-9-11-29(12-10-23)26(31)27-20-21-5-4-8-24(19-21)33-18-15-28-13-16-32-17-14-28/h1-8,19,23H,9-18,20H2,(H,27,31). The Balaban J connectivity index is 1.18. The number of hydrogen-bond donors (Lipinski definition) is 1. The van der Waals surface area contributed by atoms with Gasteiger partial charge in [0.15, 0.2) is 5.78 Å². The number of rotatable bonds is 8. The van der Waals surface area contributed by atoms with Crippen molar-refractivity contribution in [1.82, 2.24) is 15.1 Å². The molecule has 2 aromatic carbocycles. The molecule has 0 spiro atoms. The fraction of sp³-hybridized carbons (Fsp3) is 0.462. The van der Waals surface area contributed by atoms with Crippen molar-refractivity contribution in [3.05, 3.63) is 65.7 Å². The van der Waals surface area contributed by atoms with Gasteiger partial charge >= 0.3 is 6.03 Å². The van der Waals surface area contributed by atoms with E-state index in [2.05, 4.69) is 10.2 Å². The van der Waals surface area contributed by atoms with Crippen molar-refractivity contribution < 1.29 is 19.1 Å². The molecule has 33 heavy (non-hydrogen) atoms. The van der Waals surface area contributed by atoms with Crippen LogP contribution in [0.1, 0.15) is 28.8 Å². The van der Waals surface area contributed by atoms with Crippen molar-refractivity contribution in [2.45, 2.75) is 19.4 Å². The predicted octanol–water partition coefficient (Wildman–Crippen LogP) is 3.20. The third kappa shape index (κ3) is 6.79. The van der Waals surface area contributed by atoms with E-state index in [0.29, 0.717) is 39.1 Å². The highest BCUT2D eigenvalue weighted by molar-refractivity contribution is 5.98. The molecular weight excluding hydrogens is 418 g/mol. The largest absolute Gasteiger partial charge is 0.492 e. The summed E-state index contributed by atoms with van der Waals surface area (Å²) >= 11 is 0. The molecule has 2 saturated heterocycles. The molecule has 7 heteroatoms. The lowest BCUT2D eigenvalue weighted by Gasteiger charge is -2.31. The molecule has 2 amide bonds. The first-order chi connectivity index (χ1) is 16.2. The maximum Gasteiger partial charge on any atom is 0.317 e. The van der Waals surface area contributed by atoms with Crippen molar-refractivity contribution >= 4 is 11.8 Å². The van der Waals surface area contributed by atoms with E-state index in [9.17, 15) is 9.59 Å². The molecule has 2 fully saturated rings. The number of amides is 2. The normalized spacial score (nSPS) is 17.5. The lowest BCUT2D eigenvalue weighted by Crippen LogP contribution is -2.45. The van der Waals surface area contributed by atoms with Crippen LogP contribution >= 0.6 is 0 Å². The van der Waals surface area contributed by atoms with Crippen LogP contribution in [-0.4, -0.2) is 74.2 Å². The Morgan fingerprint density at radius 3 is 2.48 bits per heavy atom. The van der Waals surface area contributed by atoms with Crippen LogP contribution in [-0.2, 0) is 11.3 Å². The van der Waals surface area contributed by atoms with Crippen molar-refractivity contribution in [3.63, 3.8) is 0 Å². The molecular formula is C26H33N3O4. The lowest BCUT2D eigenvalue weighted by atomic mass is 9.89. The summed E-state index contributed by atoms with van der Waals surface area (Å²) in [6, 6.07) is 17.2. The summed E-state index contributed by atoms with van der Waals surface area (Å²) in [6.07, 6.45) is 1.40. The summed E-state index contributed by atoms with van der Waals surface area (Å²) in [7, 11) is 0. The number of nitrogens with zero attached hydrogens (tertiary/aromatic N) is 2. The number of carbonyl (C=O) groups is 2. The van der Waals surface area contributed by atoms with Gasteiger partial charge in [-0.2, -0.15) is 0 Å². The SMILES string of the molecule is O=C(c1ccccc1)C1CCN(C(=O)NCc2cccc(OCCN3CCOCC3)c2)CC1. The molecule has 0 radical (unpaired) electrons. The van der Waals surface area contributed by atoms with Crippen molar-refractivity contribution in [2.75, 3.05) is 52.5 Å². The number of nitrogens with one attached hydrogen (secondary N) is 1. The zero-order valence-electron chi connectivity index (χ0n) is 19.1. The number of morpholine rings is 1. The van der Waals surface area contributed by atoms with Crippen LogP contribution in [0, 0.1) is 5.92 Å². The summed E-state index contributed by atoms with van der Waals surface area (Å²) < 4.78 is 11.3. The van der Waals surface area contributed by atoms with Gasteiger partial charge in [0.25, 0.3) is 0 Å². The van der Waals surface area contributed by atoms with Crippen LogP contribution in [0.3, 0.4) is 0 Å². The molecule has 176 valence electrons. The minimum Gasteiger partial charge on any atom is -0.492 e. The number of carbonyl (C=O) groups excluding carboxylic acids is 2. The Hall–Kier alpha value is -2.90. The Bertz CT molecular complexity index is 907. The van der Waals surface area contributed by atoms with Crippen molar-refractivity contribution in [1.29, 1.82) is 0 Å². The monoisotopic (exact) mass is 451 g/mol. The van der Waals surface area contributed by atoms with E-state index >= 15 is 0 Å². The van der Waals surface area contributed by atoms with Gasteiger partial charge in [-0.15, -0.1) is 0 Å². The van der Waals surface area contributed by atoms with E-state index in [4.69, 9.17) is 9.47 Å². The van der Waals surface area contributed by atoms with E-state index < -0.39 is 0 Å². The van der Waals surface area contributed by atoms with Gasteiger partial charge in [0.1, 0.15) is 12.4 Å². The quantitative estimate of drug-likeness (QED) is 0.624. The maximum atomic E-state index is 12.6. The third-order valence-electron chi connectivity index (χ3n) is 6.33. The molecule has 2 aromatic rings. The highest BCUT2D eigenvalue weighted by atomic mass is 16.5. The van der Waals surface area contributed by atoms with Gasteiger partial charge in [0, 0.05) is 50.7 Å². The van der Waals surface area contributed by atoms with E-state index in [1.165, 1.54) is 0 Å². The van der Waals surface area contributed by atoms with Crippen molar-refractivity contribution in [3.8, 4) is 5.75 Å². The summed E-state index contributed by atoms with van der Waals surface area (Å²) in [5.74, 6) is 0.985. The molecule has 0 unspecified atom stereocenters. The van der Waals surface area contributed by atoms with Crippen LogP contribution in [0.15, 0.2) is 54.6 Å². The number of ether oxygens (including phenoxy) is 2. The minimum absolute atomic E-state index is 0.0113. The molecule has 7 nitrogen and oxygen atoms in total. The maximum absolute atomic E-state index is 12.6. The van der Waals surface area contributed by atoms with Crippen LogP contribution < -0.4 is 10.1 Å². The Kier molecular flexibility index (Phi) is 8.33. The highest BCUT2D eigenvalue weighted by Crippen LogP contribution is 2.22. The van der Waals surface area contributed by atoms with E-state index in [1.807, 2.05) is 54.6 Å². The molecule has 2 aliphatic heterocycles. The van der Waals surface area contributed by atoms with Gasteiger partial charge in [0.2, 0.25) is 0 Å². The topological polar surface area (TPSA) is 71.1 Å². The number of urea groups is 1. The fourth-order valence-corrected chi connectivity index (χ4v) is 4.33. The minimum atomic E-state index is -0.0840. The van der Waals surface area contributed by atoms with Crippen molar-refractivity contribution in [2.24, 2.45) is 5.92 Å². The molecule has 2 aliphatic rings. The van der Waals surface area contributed by atoms with E-state index in [-0.39, 0.29) is 17.7 Å². The first-order valence-electron chi connectivity index (χ1n) is 11.8. The van der Waals surface area contributed by atoms with Gasteiger partial charge in [-0.1, -0.05) is 42.5 Å². The van der Waals surface area contributed by atoms with Crippen LogP contribution in [0.25, 0.3) is 0 Å². The fourth-order valence-electron chi connectivity index (χ4n) is 4.33. The zero-order chi connectivity index (χ0) is 22.9. The average Bonchev–Trinajstić information content (AvgIpc) is 2.88. The van der Waals surface area contributed by atoms with Gasteiger partial charge in [-0.3, -0.25) is 9.69 Å².